The van der Waals surface area contributed by atoms with Crippen molar-refractivity contribution in [2.24, 2.45) is 0 Å². The molecule has 0 radical (unpaired) electrons. The maximum atomic E-state index is 11.3. The Kier molecular flexibility index (Phi) is 5.33. The van der Waals surface area contributed by atoms with E-state index in [9.17, 15) is 4.79 Å². The van der Waals surface area contributed by atoms with Crippen LogP contribution in [0.15, 0.2) is 23.6 Å². The number of carbonyl (C=O) groups is 1. The molecular formula is C16H20N2O2S. The number of benzene rings is 1. The molecule has 0 atom stereocenters. The number of ether oxygens (including phenoxy) is 1. The highest BCUT2D eigenvalue weighted by Gasteiger charge is 2.07. The first-order valence-electron chi connectivity index (χ1n) is 7.02. The molecule has 1 aromatic heterocycles. The molecule has 0 saturated heterocycles. The van der Waals surface area contributed by atoms with E-state index in [0.29, 0.717) is 19.4 Å². The Morgan fingerprint density at radius 2 is 2.00 bits per heavy atom. The van der Waals surface area contributed by atoms with Gasteiger partial charge in [0, 0.05) is 17.5 Å². The second-order valence-corrected chi connectivity index (χ2v) is 5.81. The molecule has 0 saturated carbocycles. The molecular weight excluding hydrogens is 284 g/mol. The third-order valence-corrected chi connectivity index (χ3v) is 3.72. The molecule has 1 aromatic carbocycles. The highest BCUT2D eigenvalue weighted by atomic mass is 32.1. The van der Waals surface area contributed by atoms with Crippen LogP contribution in [-0.4, -0.2) is 17.6 Å². The van der Waals surface area contributed by atoms with Gasteiger partial charge in [0.15, 0.2) is 5.13 Å². The van der Waals surface area contributed by atoms with E-state index in [-0.39, 0.29) is 5.97 Å². The van der Waals surface area contributed by atoms with Gasteiger partial charge in [0.25, 0.3) is 0 Å². The Bertz CT molecular complexity index is 602. The van der Waals surface area contributed by atoms with Crippen LogP contribution in [0.2, 0.25) is 0 Å². The van der Waals surface area contributed by atoms with Gasteiger partial charge in [0.1, 0.15) is 0 Å². The Balaban J connectivity index is 1.95. The number of thiazole rings is 1. The fraction of sp³-hybridized carbons (Fsp3) is 0.375. The van der Waals surface area contributed by atoms with Crippen molar-refractivity contribution < 1.29 is 9.53 Å². The minimum absolute atomic E-state index is 0.172. The number of nitrogens with one attached hydrogen (secondary N) is 1. The fourth-order valence-corrected chi connectivity index (χ4v) is 2.88. The normalized spacial score (nSPS) is 10.4. The van der Waals surface area contributed by atoms with Gasteiger partial charge in [-0.25, -0.2) is 4.98 Å². The average Bonchev–Trinajstić information content (AvgIpc) is 2.83. The fourth-order valence-electron chi connectivity index (χ4n) is 2.11. The molecule has 1 heterocycles. The Morgan fingerprint density at radius 1 is 1.29 bits per heavy atom. The highest BCUT2D eigenvalue weighted by Crippen LogP contribution is 2.23. The minimum atomic E-state index is -0.172. The van der Waals surface area contributed by atoms with Crippen LogP contribution in [0.4, 0.5) is 10.8 Å². The van der Waals surface area contributed by atoms with Gasteiger partial charge in [-0.05, 0) is 44.0 Å². The van der Waals surface area contributed by atoms with Crippen LogP contribution in [-0.2, 0) is 16.0 Å². The van der Waals surface area contributed by atoms with E-state index in [0.717, 1.165) is 16.5 Å². The van der Waals surface area contributed by atoms with Crippen LogP contribution in [0, 0.1) is 13.8 Å². The predicted octanol–water partition coefficient (Wildman–Crippen LogP) is 4.00. The first-order valence-corrected chi connectivity index (χ1v) is 7.90. The molecule has 4 nitrogen and oxygen atoms in total. The van der Waals surface area contributed by atoms with E-state index >= 15 is 0 Å². The molecule has 0 aliphatic carbocycles. The summed E-state index contributed by atoms with van der Waals surface area (Å²) >= 11 is 1.55. The summed E-state index contributed by atoms with van der Waals surface area (Å²) in [4.78, 5) is 15.8. The van der Waals surface area contributed by atoms with Gasteiger partial charge >= 0.3 is 5.97 Å². The molecule has 5 heteroatoms. The molecule has 0 aliphatic heterocycles. The number of anilines is 2. The van der Waals surface area contributed by atoms with Gasteiger partial charge in [-0.3, -0.25) is 4.79 Å². The summed E-state index contributed by atoms with van der Waals surface area (Å²) in [7, 11) is 0. The van der Waals surface area contributed by atoms with Crippen molar-refractivity contribution in [1.82, 2.24) is 4.98 Å². The number of carbonyl (C=O) groups excluding carboxylic acids is 1. The number of nitrogens with zero attached hydrogens (tertiary/aromatic N) is 1. The molecule has 1 N–H and O–H groups in total. The van der Waals surface area contributed by atoms with E-state index in [1.54, 1.807) is 11.3 Å². The van der Waals surface area contributed by atoms with E-state index in [1.165, 1.54) is 11.1 Å². The molecule has 21 heavy (non-hydrogen) atoms. The third kappa shape index (κ3) is 4.86. The smallest absolute Gasteiger partial charge is 0.306 e. The number of hydrogen-bond acceptors (Lipinski definition) is 5. The van der Waals surface area contributed by atoms with Gasteiger partial charge < -0.3 is 10.1 Å². The number of hydrogen-bond donors (Lipinski definition) is 1. The molecule has 0 spiro atoms. The third-order valence-electron chi connectivity index (χ3n) is 2.92. The summed E-state index contributed by atoms with van der Waals surface area (Å²) in [6.07, 6.45) is 0.991. The molecule has 112 valence electrons. The van der Waals surface area contributed by atoms with E-state index in [2.05, 4.69) is 42.3 Å². The van der Waals surface area contributed by atoms with Crippen LogP contribution in [0.1, 0.15) is 30.2 Å². The maximum absolute atomic E-state index is 11.3. The van der Waals surface area contributed by atoms with Crippen molar-refractivity contribution in [2.75, 3.05) is 11.9 Å². The van der Waals surface area contributed by atoms with Crippen LogP contribution in [0.3, 0.4) is 0 Å². The van der Waals surface area contributed by atoms with Crippen LogP contribution in [0.5, 0.6) is 0 Å². The monoisotopic (exact) mass is 304 g/mol. The largest absolute Gasteiger partial charge is 0.466 e. The van der Waals surface area contributed by atoms with E-state index < -0.39 is 0 Å². The Hall–Kier alpha value is -1.88. The van der Waals surface area contributed by atoms with Crippen molar-refractivity contribution in [3.05, 3.63) is 40.4 Å². The summed E-state index contributed by atoms with van der Waals surface area (Å²) in [6.45, 7) is 6.39. The maximum Gasteiger partial charge on any atom is 0.306 e. The second-order valence-electron chi connectivity index (χ2n) is 4.95. The zero-order valence-corrected chi connectivity index (χ0v) is 13.4. The molecule has 2 rings (SSSR count). The van der Waals surface area contributed by atoms with Crippen LogP contribution >= 0.6 is 11.3 Å². The lowest BCUT2D eigenvalue weighted by molar-refractivity contribution is -0.143. The molecule has 0 amide bonds. The summed E-state index contributed by atoms with van der Waals surface area (Å²) in [5.74, 6) is -0.172. The first-order chi connectivity index (χ1) is 10.1. The summed E-state index contributed by atoms with van der Waals surface area (Å²) < 4.78 is 4.91. The summed E-state index contributed by atoms with van der Waals surface area (Å²) in [5, 5.41) is 6.13. The molecule has 0 unspecified atom stereocenters. The zero-order chi connectivity index (χ0) is 15.2. The SMILES string of the molecule is CCOC(=O)CCc1csc(Nc2cc(C)cc(C)c2)n1. The van der Waals surface area contributed by atoms with E-state index in [1.807, 2.05) is 12.3 Å². The van der Waals surface area contributed by atoms with Crippen LogP contribution < -0.4 is 5.32 Å². The number of aromatic nitrogens is 1. The van der Waals surface area contributed by atoms with Crippen molar-refractivity contribution in [3.8, 4) is 0 Å². The number of esters is 1. The number of rotatable bonds is 6. The van der Waals surface area contributed by atoms with Crippen molar-refractivity contribution in [3.63, 3.8) is 0 Å². The lowest BCUT2D eigenvalue weighted by Crippen LogP contribution is -2.05. The Morgan fingerprint density at radius 3 is 2.67 bits per heavy atom. The quantitative estimate of drug-likeness (QED) is 0.820. The van der Waals surface area contributed by atoms with Crippen LogP contribution in [0.25, 0.3) is 0 Å². The van der Waals surface area contributed by atoms with Crippen molar-refractivity contribution >= 4 is 28.1 Å². The summed E-state index contributed by atoms with van der Waals surface area (Å²) in [5.41, 5.74) is 4.40. The molecule has 0 fully saturated rings. The van der Waals surface area contributed by atoms with Crippen molar-refractivity contribution in [1.29, 1.82) is 0 Å². The van der Waals surface area contributed by atoms with Gasteiger partial charge in [0.2, 0.25) is 0 Å². The lowest BCUT2D eigenvalue weighted by Gasteiger charge is -2.05. The minimum Gasteiger partial charge on any atom is -0.466 e. The van der Waals surface area contributed by atoms with Gasteiger partial charge in [0.05, 0.1) is 18.7 Å². The van der Waals surface area contributed by atoms with Gasteiger partial charge in [-0.2, -0.15) is 0 Å². The molecule has 0 bridgehead atoms. The predicted molar refractivity (Wildman–Crippen MR) is 86.3 cm³/mol. The number of aryl methyl sites for hydroxylation is 3. The average molecular weight is 304 g/mol. The standard InChI is InChI=1S/C16H20N2O2S/c1-4-20-15(19)6-5-13-10-21-16(17-13)18-14-8-11(2)7-12(3)9-14/h7-10H,4-6H2,1-3H3,(H,17,18). The Labute approximate surface area is 129 Å². The van der Waals surface area contributed by atoms with Gasteiger partial charge in [-0.15, -0.1) is 11.3 Å². The topological polar surface area (TPSA) is 51.2 Å². The summed E-state index contributed by atoms with van der Waals surface area (Å²) in [6, 6.07) is 6.32. The van der Waals surface area contributed by atoms with E-state index in [4.69, 9.17) is 4.74 Å². The van der Waals surface area contributed by atoms with Gasteiger partial charge in [-0.1, -0.05) is 6.07 Å². The lowest BCUT2D eigenvalue weighted by atomic mass is 10.1. The zero-order valence-electron chi connectivity index (χ0n) is 12.6. The second kappa shape index (κ2) is 7.22. The molecule has 0 aliphatic rings. The molecule has 2 aromatic rings. The highest BCUT2D eigenvalue weighted by molar-refractivity contribution is 7.13. The van der Waals surface area contributed by atoms with Crippen molar-refractivity contribution in [2.45, 2.75) is 33.6 Å². The first kappa shape index (κ1) is 15.5.